The van der Waals surface area contributed by atoms with Crippen LogP contribution in [-0.2, 0) is 12.4 Å². The predicted octanol–water partition coefficient (Wildman–Crippen LogP) is 3.62. The number of rotatable bonds is 5. The summed E-state index contributed by atoms with van der Waals surface area (Å²) in [6.45, 7) is 5.19. The van der Waals surface area contributed by atoms with Crippen molar-refractivity contribution in [2.75, 3.05) is 6.26 Å². The molecule has 18 heavy (non-hydrogen) atoms. The van der Waals surface area contributed by atoms with Crippen molar-refractivity contribution in [2.24, 2.45) is 0 Å². The first-order valence-corrected chi connectivity index (χ1v) is 7.88. The zero-order valence-electron chi connectivity index (χ0n) is 11.0. The second-order valence-electron chi connectivity index (χ2n) is 4.50. The first kappa shape index (κ1) is 13.7. The van der Waals surface area contributed by atoms with E-state index in [1.807, 2.05) is 24.9 Å². The van der Waals surface area contributed by atoms with Crippen molar-refractivity contribution in [3.8, 4) is 0 Å². The van der Waals surface area contributed by atoms with Crippen molar-refractivity contribution in [1.29, 1.82) is 0 Å². The highest BCUT2D eigenvalue weighted by molar-refractivity contribution is 7.99. The molecule has 0 aliphatic rings. The molecule has 0 amide bonds. The van der Waals surface area contributed by atoms with E-state index in [2.05, 4.69) is 33.8 Å². The Morgan fingerprint density at radius 2 is 2.28 bits per heavy atom. The van der Waals surface area contributed by atoms with Crippen molar-refractivity contribution in [1.82, 2.24) is 14.5 Å². The Bertz CT molecular complexity index is 538. The molecule has 5 heteroatoms. The van der Waals surface area contributed by atoms with Crippen LogP contribution in [0, 0.1) is 6.92 Å². The number of alkyl halides is 1. The van der Waals surface area contributed by atoms with Gasteiger partial charge in [0.1, 0.15) is 11.3 Å². The minimum Gasteiger partial charge on any atom is -0.312 e. The lowest BCUT2D eigenvalue weighted by atomic mass is 10.3. The number of nitrogens with zero attached hydrogens (tertiary/aromatic N) is 3. The number of pyridine rings is 1. The molecule has 0 saturated carbocycles. The molecular weight excluding hydrogens is 266 g/mol. The zero-order valence-corrected chi connectivity index (χ0v) is 12.6. The van der Waals surface area contributed by atoms with Crippen LogP contribution in [0.3, 0.4) is 0 Å². The lowest BCUT2D eigenvalue weighted by Crippen LogP contribution is -2.08. The summed E-state index contributed by atoms with van der Waals surface area (Å²) in [6.07, 6.45) is 5.13. The minimum absolute atomic E-state index is 0.434. The number of aryl methyl sites for hydroxylation is 2. The average molecular weight is 284 g/mol. The Balaban J connectivity index is 2.34. The van der Waals surface area contributed by atoms with Crippen molar-refractivity contribution >= 4 is 34.5 Å². The van der Waals surface area contributed by atoms with Gasteiger partial charge in [0, 0.05) is 18.0 Å². The van der Waals surface area contributed by atoms with Crippen LogP contribution >= 0.6 is 23.4 Å². The monoisotopic (exact) mass is 283 g/mol. The van der Waals surface area contributed by atoms with E-state index in [1.165, 1.54) is 0 Å². The van der Waals surface area contributed by atoms with Gasteiger partial charge >= 0.3 is 0 Å². The molecule has 0 saturated heterocycles. The molecule has 1 atom stereocenters. The number of halogens is 1. The maximum atomic E-state index is 5.98. The van der Waals surface area contributed by atoms with Crippen molar-refractivity contribution < 1.29 is 0 Å². The SMILES string of the molecule is CSC(C)CCn1c(CCl)nc2cc(C)cnc21. The molecule has 2 aromatic rings. The van der Waals surface area contributed by atoms with Gasteiger partial charge in [0.15, 0.2) is 5.65 Å². The van der Waals surface area contributed by atoms with E-state index in [0.29, 0.717) is 11.1 Å². The van der Waals surface area contributed by atoms with Crippen LogP contribution in [0.1, 0.15) is 24.7 Å². The molecule has 1 unspecified atom stereocenters. The second kappa shape index (κ2) is 5.93. The lowest BCUT2D eigenvalue weighted by Gasteiger charge is -2.10. The summed E-state index contributed by atoms with van der Waals surface area (Å²) in [5, 5.41) is 0.635. The third kappa shape index (κ3) is 2.81. The largest absolute Gasteiger partial charge is 0.312 e. The topological polar surface area (TPSA) is 30.7 Å². The molecule has 2 heterocycles. The summed E-state index contributed by atoms with van der Waals surface area (Å²) in [7, 11) is 0. The molecular formula is C13H18ClN3S. The molecule has 0 radical (unpaired) electrons. The van der Waals surface area contributed by atoms with Crippen LogP contribution in [0.4, 0.5) is 0 Å². The summed E-state index contributed by atoms with van der Waals surface area (Å²) in [6, 6.07) is 2.06. The van der Waals surface area contributed by atoms with E-state index in [4.69, 9.17) is 11.6 Å². The number of fused-ring (bicyclic) bond motifs is 1. The van der Waals surface area contributed by atoms with E-state index >= 15 is 0 Å². The molecule has 98 valence electrons. The number of hydrogen-bond acceptors (Lipinski definition) is 3. The van der Waals surface area contributed by atoms with Crippen LogP contribution < -0.4 is 0 Å². The zero-order chi connectivity index (χ0) is 13.1. The maximum Gasteiger partial charge on any atom is 0.160 e. The van der Waals surface area contributed by atoms with Gasteiger partial charge in [-0.3, -0.25) is 0 Å². The van der Waals surface area contributed by atoms with E-state index in [-0.39, 0.29) is 0 Å². The van der Waals surface area contributed by atoms with Gasteiger partial charge in [0.25, 0.3) is 0 Å². The van der Waals surface area contributed by atoms with Crippen molar-refractivity contribution in [3.63, 3.8) is 0 Å². The van der Waals surface area contributed by atoms with E-state index in [9.17, 15) is 0 Å². The van der Waals surface area contributed by atoms with Gasteiger partial charge in [0.2, 0.25) is 0 Å². The first-order chi connectivity index (χ1) is 8.65. The minimum atomic E-state index is 0.434. The highest BCUT2D eigenvalue weighted by atomic mass is 35.5. The Morgan fingerprint density at radius 1 is 1.50 bits per heavy atom. The van der Waals surface area contributed by atoms with E-state index < -0.39 is 0 Å². The van der Waals surface area contributed by atoms with Crippen LogP contribution in [0.5, 0.6) is 0 Å². The molecule has 0 fully saturated rings. The molecule has 0 spiro atoms. The van der Waals surface area contributed by atoms with Gasteiger partial charge in [-0.1, -0.05) is 6.92 Å². The number of aromatic nitrogens is 3. The normalized spacial score (nSPS) is 13.1. The molecule has 0 aliphatic heterocycles. The molecule has 0 bridgehead atoms. The van der Waals surface area contributed by atoms with Crippen LogP contribution in [0.15, 0.2) is 12.3 Å². The highest BCUT2D eigenvalue weighted by Crippen LogP contribution is 2.19. The standard InChI is InChI=1S/C13H18ClN3S/c1-9-6-11-13(15-8-9)17(12(7-14)16-11)5-4-10(2)18-3/h6,8,10H,4-5,7H2,1-3H3. The molecule has 2 rings (SSSR count). The number of thioether (sulfide) groups is 1. The third-order valence-corrected chi connectivity index (χ3v) is 4.36. The molecule has 3 nitrogen and oxygen atoms in total. The van der Waals surface area contributed by atoms with Gasteiger partial charge in [-0.2, -0.15) is 11.8 Å². The fourth-order valence-corrected chi connectivity index (χ4v) is 2.47. The molecule has 2 aromatic heterocycles. The van der Waals surface area contributed by atoms with Gasteiger partial charge in [-0.15, -0.1) is 11.6 Å². The Morgan fingerprint density at radius 3 is 2.94 bits per heavy atom. The van der Waals surface area contributed by atoms with Gasteiger partial charge in [-0.25, -0.2) is 9.97 Å². The van der Waals surface area contributed by atoms with Crippen LogP contribution in [-0.4, -0.2) is 26.0 Å². The Labute approximate surface area is 117 Å². The van der Waals surface area contributed by atoms with Crippen LogP contribution in [0.25, 0.3) is 11.2 Å². The summed E-state index contributed by atoms with van der Waals surface area (Å²) in [4.78, 5) is 9.05. The fourth-order valence-electron chi connectivity index (χ4n) is 1.92. The summed E-state index contributed by atoms with van der Waals surface area (Å²) in [5.74, 6) is 1.35. The molecule has 0 aromatic carbocycles. The smallest absolute Gasteiger partial charge is 0.160 e. The van der Waals surface area contributed by atoms with E-state index in [1.54, 1.807) is 0 Å². The molecule has 0 aliphatic carbocycles. The van der Waals surface area contributed by atoms with Gasteiger partial charge in [-0.05, 0) is 31.2 Å². The van der Waals surface area contributed by atoms with E-state index in [0.717, 1.165) is 35.5 Å². The Hall–Kier alpha value is -0.740. The summed E-state index contributed by atoms with van der Waals surface area (Å²) >= 11 is 7.86. The Kier molecular flexibility index (Phi) is 4.51. The second-order valence-corrected chi connectivity index (χ2v) is 6.05. The summed E-state index contributed by atoms with van der Waals surface area (Å²) < 4.78 is 2.15. The predicted molar refractivity (Wildman–Crippen MR) is 79.4 cm³/mol. The number of imidazole rings is 1. The van der Waals surface area contributed by atoms with Crippen molar-refractivity contribution in [2.45, 2.75) is 37.9 Å². The highest BCUT2D eigenvalue weighted by Gasteiger charge is 2.12. The first-order valence-electron chi connectivity index (χ1n) is 6.06. The number of hydrogen-bond donors (Lipinski definition) is 0. The average Bonchev–Trinajstić information content (AvgIpc) is 2.72. The lowest BCUT2D eigenvalue weighted by molar-refractivity contribution is 0.632. The molecule has 0 N–H and O–H groups in total. The fraction of sp³-hybridized carbons (Fsp3) is 0.538. The van der Waals surface area contributed by atoms with Gasteiger partial charge in [0.05, 0.1) is 5.88 Å². The quantitative estimate of drug-likeness (QED) is 0.785. The van der Waals surface area contributed by atoms with Gasteiger partial charge < -0.3 is 4.57 Å². The maximum absolute atomic E-state index is 5.98. The van der Waals surface area contributed by atoms with Crippen LogP contribution in [0.2, 0.25) is 0 Å². The van der Waals surface area contributed by atoms with Crippen molar-refractivity contribution in [3.05, 3.63) is 23.7 Å². The summed E-state index contributed by atoms with van der Waals surface area (Å²) in [5.41, 5.74) is 3.03. The third-order valence-electron chi connectivity index (χ3n) is 3.08.